The number of nitrogens with zero attached hydrogens (tertiary/aromatic N) is 1. The number of rotatable bonds is 3. The Morgan fingerprint density at radius 3 is 2.54 bits per heavy atom. The van der Waals surface area contributed by atoms with Crippen molar-refractivity contribution in [2.45, 2.75) is 31.5 Å². The summed E-state index contributed by atoms with van der Waals surface area (Å²) in [5.74, 6) is -1.80. The van der Waals surface area contributed by atoms with Gasteiger partial charge in [0.05, 0.1) is 4.88 Å². The van der Waals surface area contributed by atoms with Crippen LogP contribution in [0.1, 0.15) is 33.8 Å². The highest BCUT2D eigenvalue weighted by molar-refractivity contribution is 7.20. The van der Waals surface area contributed by atoms with E-state index in [1.165, 1.54) is 6.07 Å². The van der Waals surface area contributed by atoms with Gasteiger partial charge >= 0.3 is 12.1 Å². The molecule has 0 aliphatic carbocycles. The molecule has 0 spiro atoms. The van der Waals surface area contributed by atoms with Gasteiger partial charge in [0.2, 0.25) is 0 Å². The number of amides is 1. The molecule has 2 aromatic rings. The summed E-state index contributed by atoms with van der Waals surface area (Å²) in [5, 5.41) is 12.5. The highest BCUT2D eigenvalue weighted by Crippen LogP contribution is 2.34. The van der Waals surface area contributed by atoms with Crippen molar-refractivity contribution in [3.05, 3.63) is 28.3 Å². The summed E-state index contributed by atoms with van der Waals surface area (Å²) in [6.07, 6.45) is -4.34. The molecule has 1 aliphatic heterocycles. The van der Waals surface area contributed by atoms with Crippen molar-refractivity contribution in [3.8, 4) is 0 Å². The first-order chi connectivity index (χ1) is 12.1. The number of aryl methyl sites for hydroxylation is 1. The molecule has 1 fully saturated rings. The molecular formula is C16H15F3N2O4S. The summed E-state index contributed by atoms with van der Waals surface area (Å²) in [6, 6.07) is 2.14. The summed E-state index contributed by atoms with van der Waals surface area (Å²) >= 11 is 0.814. The average molecular weight is 388 g/mol. The molecule has 0 aromatic carbocycles. The SMILES string of the molecule is Cc1c(C(=O)NC2(C(=O)O)CCOCC2)sc2nc(C(F)(F)F)ccc12. The molecule has 140 valence electrons. The second kappa shape index (κ2) is 6.51. The predicted molar refractivity (Wildman–Crippen MR) is 87.2 cm³/mol. The number of carboxylic acid groups (broad SMARTS) is 1. The van der Waals surface area contributed by atoms with Crippen LogP contribution in [0.3, 0.4) is 0 Å². The maximum absolute atomic E-state index is 12.8. The normalized spacial score (nSPS) is 17.2. The number of pyridine rings is 1. The third-order valence-electron chi connectivity index (χ3n) is 4.41. The number of carbonyl (C=O) groups excluding carboxylic acids is 1. The number of thiophene rings is 1. The lowest BCUT2D eigenvalue weighted by atomic mass is 9.90. The van der Waals surface area contributed by atoms with Gasteiger partial charge < -0.3 is 15.2 Å². The summed E-state index contributed by atoms with van der Waals surface area (Å²) in [5.41, 5.74) is -2.01. The van der Waals surface area contributed by atoms with Crippen molar-refractivity contribution in [1.82, 2.24) is 10.3 Å². The molecule has 0 saturated carbocycles. The van der Waals surface area contributed by atoms with Gasteiger partial charge in [-0.3, -0.25) is 4.79 Å². The number of carbonyl (C=O) groups is 2. The molecule has 0 unspecified atom stereocenters. The summed E-state index contributed by atoms with van der Waals surface area (Å²) in [4.78, 5) is 28.1. The van der Waals surface area contributed by atoms with E-state index in [-0.39, 0.29) is 35.8 Å². The molecule has 2 aromatic heterocycles. The summed E-state index contributed by atoms with van der Waals surface area (Å²) in [7, 11) is 0. The van der Waals surface area contributed by atoms with Gasteiger partial charge in [0.25, 0.3) is 5.91 Å². The number of aliphatic carboxylic acids is 1. The monoisotopic (exact) mass is 388 g/mol. The molecule has 3 heterocycles. The number of halogens is 3. The smallest absolute Gasteiger partial charge is 0.433 e. The fourth-order valence-electron chi connectivity index (χ4n) is 2.86. The number of alkyl halides is 3. The number of aromatic nitrogens is 1. The van der Waals surface area contributed by atoms with E-state index >= 15 is 0 Å². The van der Waals surface area contributed by atoms with E-state index in [9.17, 15) is 27.9 Å². The van der Waals surface area contributed by atoms with Crippen LogP contribution in [0.25, 0.3) is 10.2 Å². The van der Waals surface area contributed by atoms with Crippen molar-refractivity contribution < 1.29 is 32.6 Å². The van der Waals surface area contributed by atoms with Gasteiger partial charge in [-0.25, -0.2) is 9.78 Å². The minimum absolute atomic E-state index is 0.0822. The molecule has 10 heteroatoms. The van der Waals surface area contributed by atoms with E-state index in [2.05, 4.69) is 10.3 Å². The first-order valence-electron chi connectivity index (χ1n) is 7.75. The Balaban J connectivity index is 1.95. The maximum atomic E-state index is 12.8. The van der Waals surface area contributed by atoms with E-state index in [1.54, 1.807) is 6.92 Å². The first kappa shape index (κ1) is 18.6. The van der Waals surface area contributed by atoms with Crippen LogP contribution in [0.4, 0.5) is 13.2 Å². The Labute approximate surface area is 150 Å². The molecule has 0 bridgehead atoms. The van der Waals surface area contributed by atoms with E-state index < -0.39 is 29.3 Å². The van der Waals surface area contributed by atoms with Crippen molar-refractivity contribution in [2.24, 2.45) is 0 Å². The number of ether oxygens (including phenoxy) is 1. The standard InChI is InChI=1S/C16H15F3N2O4S/c1-8-9-2-3-10(16(17,18)19)20-13(9)26-11(8)12(22)21-15(14(23)24)4-6-25-7-5-15/h2-3H,4-7H2,1H3,(H,21,22)(H,23,24). The zero-order valence-corrected chi connectivity index (χ0v) is 14.5. The predicted octanol–water partition coefficient (Wildman–Crippen LogP) is 2.99. The topological polar surface area (TPSA) is 88.5 Å². The van der Waals surface area contributed by atoms with Crippen LogP contribution in [-0.4, -0.2) is 40.7 Å². The van der Waals surface area contributed by atoms with E-state index in [4.69, 9.17) is 4.74 Å². The summed E-state index contributed by atoms with van der Waals surface area (Å²) < 4.78 is 43.6. The van der Waals surface area contributed by atoms with Gasteiger partial charge in [-0.2, -0.15) is 13.2 Å². The van der Waals surface area contributed by atoms with Crippen LogP contribution in [-0.2, 0) is 15.7 Å². The molecule has 0 radical (unpaired) electrons. The Morgan fingerprint density at radius 1 is 1.31 bits per heavy atom. The van der Waals surface area contributed by atoms with Crippen molar-refractivity contribution in [1.29, 1.82) is 0 Å². The number of hydrogen-bond donors (Lipinski definition) is 2. The molecule has 0 atom stereocenters. The Bertz CT molecular complexity index is 872. The highest BCUT2D eigenvalue weighted by atomic mass is 32.1. The van der Waals surface area contributed by atoms with Gasteiger partial charge in [0.15, 0.2) is 0 Å². The van der Waals surface area contributed by atoms with Crippen molar-refractivity contribution >= 4 is 33.4 Å². The van der Waals surface area contributed by atoms with Gasteiger partial charge in [-0.05, 0) is 24.6 Å². The summed E-state index contributed by atoms with van der Waals surface area (Å²) in [6.45, 7) is 2.00. The van der Waals surface area contributed by atoms with Crippen LogP contribution in [0.5, 0.6) is 0 Å². The van der Waals surface area contributed by atoms with Crippen LogP contribution < -0.4 is 5.32 Å². The minimum Gasteiger partial charge on any atom is -0.480 e. The molecule has 2 N–H and O–H groups in total. The lowest BCUT2D eigenvalue weighted by molar-refractivity contribution is -0.148. The van der Waals surface area contributed by atoms with Crippen LogP contribution in [0.15, 0.2) is 12.1 Å². The lowest BCUT2D eigenvalue weighted by Crippen LogP contribution is -2.57. The molecule has 26 heavy (non-hydrogen) atoms. The second-order valence-electron chi connectivity index (χ2n) is 6.06. The van der Waals surface area contributed by atoms with E-state index in [0.29, 0.717) is 10.9 Å². The Kier molecular flexibility index (Phi) is 4.65. The number of hydrogen-bond acceptors (Lipinski definition) is 5. The first-order valence-corrected chi connectivity index (χ1v) is 8.57. The minimum atomic E-state index is -4.58. The molecule has 1 saturated heterocycles. The fourth-order valence-corrected chi connectivity index (χ4v) is 3.94. The van der Waals surface area contributed by atoms with E-state index in [1.807, 2.05) is 0 Å². The maximum Gasteiger partial charge on any atom is 0.433 e. The molecule has 1 amide bonds. The zero-order chi connectivity index (χ0) is 19.1. The molecule has 1 aliphatic rings. The molecule has 6 nitrogen and oxygen atoms in total. The Hall–Kier alpha value is -2.20. The highest BCUT2D eigenvalue weighted by Gasteiger charge is 2.42. The van der Waals surface area contributed by atoms with Gasteiger partial charge in [-0.1, -0.05) is 0 Å². The zero-order valence-electron chi connectivity index (χ0n) is 13.6. The number of carboxylic acids is 1. The van der Waals surface area contributed by atoms with Gasteiger partial charge in [0, 0.05) is 31.4 Å². The lowest BCUT2D eigenvalue weighted by Gasteiger charge is -2.33. The third-order valence-corrected chi connectivity index (χ3v) is 5.61. The van der Waals surface area contributed by atoms with E-state index in [0.717, 1.165) is 17.4 Å². The van der Waals surface area contributed by atoms with Crippen molar-refractivity contribution in [3.63, 3.8) is 0 Å². The van der Waals surface area contributed by atoms with Crippen LogP contribution >= 0.6 is 11.3 Å². The number of nitrogens with one attached hydrogen (secondary N) is 1. The van der Waals surface area contributed by atoms with Crippen LogP contribution in [0, 0.1) is 6.92 Å². The van der Waals surface area contributed by atoms with Gasteiger partial charge in [-0.15, -0.1) is 11.3 Å². The second-order valence-corrected chi connectivity index (χ2v) is 7.06. The quantitative estimate of drug-likeness (QED) is 0.844. The third kappa shape index (κ3) is 3.26. The largest absolute Gasteiger partial charge is 0.480 e. The Morgan fingerprint density at radius 2 is 1.96 bits per heavy atom. The molecular weight excluding hydrogens is 373 g/mol. The van der Waals surface area contributed by atoms with Crippen LogP contribution in [0.2, 0.25) is 0 Å². The van der Waals surface area contributed by atoms with Crippen molar-refractivity contribution in [2.75, 3.05) is 13.2 Å². The number of fused-ring (bicyclic) bond motifs is 1. The fraction of sp³-hybridized carbons (Fsp3) is 0.438. The van der Waals surface area contributed by atoms with Gasteiger partial charge in [0.1, 0.15) is 16.1 Å². The molecule has 3 rings (SSSR count). The average Bonchev–Trinajstić information content (AvgIpc) is 2.91.